The molecule has 0 aromatic rings. The van der Waals surface area contributed by atoms with Gasteiger partial charge in [-0.05, 0) is 105 Å². The fourth-order valence-electron chi connectivity index (χ4n) is 10.5. The van der Waals surface area contributed by atoms with Crippen molar-refractivity contribution in [3.63, 3.8) is 0 Å². The van der Waals surface area contributed by atoms with Gasteiger partial charge >= 0.3 is 11.9 Å². The number of hydrogen-bond donors (Lipinski definition) is 0. The van der Waals surface area contributed by atoms with E-state index >= 15 is 0 Å². The van der Waals surface area contributed by atoms with E-state index in [-0.39, 0.29) is 35.0 Å². The fourth-order valence-corrected chi connectivity index (χ4v) is 10.5. The molecule has 8 atom stereocenters. The van der Waals surface area contributed by atoms with Crippen LogP contribution in [0.5, 0.6) is 0 Å². The molecular formula is C34H56O4. The highest BCUT2D eigenvalue weighted by Gasteiger charge is 2.63. The molecule has 4 rings (SSSR count). The van der Waals surface area contributed by atoms with Gasteiger partial charge in [-0.15, -0.1) is 0 Å². The summed E-state index contributed by atoms with van der Waals surface area (Å²) >= 11 is 0. The largest absolute Gasteiger partial charge is 0.463 e. The third-order valence-electron chi connectivity index (χ3n) is 12.7. The van der Waals surface area contributed by atoms with Gasteiger partial charge in [0.25, 0.3) is 0 Å². The van der Waals surface area contributed by atoms with Crippen LogP contribution in [0, 0.1) is 39.4 Å². The van der Waals surface area contributed by atoms with Crippen molar-refractivity contribution in [2.45, 2.75) is 152 Å². The normalized spacial score (nSPS) is 39.4. The van der Waals surface area contributed by atoms with Gasteiger partial charge in [-0.1, -0.05) is 66.0 Å². The first-order valence-corrected chi connectivity index (χ1v) is 15.8. The van der Waals surface area contributed by atoms with Crippen molar-refractivity contribution in [3.05, 3.63) is 11.1 Å². The summed E-state index contributed by atoms with van der Waals surface area (Å²) in [5, 5.41) is 0. The maximum absolute atomic E-state index is 11.9. The van der Waals surface area contributed by atoms with Crippen LogP contribution in [0.3, 0.4) is 0 Å². The maximum atomic E-state index is 11.9. The number of allylic oxidation sites excluding steroid dienone is 2. The predicted octanol–water partition coefficient (Wildman–Crippen LogP) is 8.82. The van der Waals surface area contributed by atoms with Crippen molar-refractivity contribution in [2.75, 3.05) is 0 Å². The van der Waals surface area contributed by atoms with Gasteiger partial charge in [0, 0.05) is 19.3 Å². The standard InChI is InChI=1S/C34H56O4/c1-10-25(37-23(3)35)13-11-12-22(2)26-16-20-34(9)28-14-15-29-31(5,6)30(38-24(4)36)18-19-32(29,7)27(28)17-21-33(26,34)8/h22,25-26,29-30H,10-21H2,1-9H3/t22-,25?,26-,29+,30+,32-,33-,34+/m1/s1. The van der Waals surface area contributed by atoms with Crippen molar-refractivity contribution >= 4 is 11.9 Å². The molecule has 0 heterocycles. The highest BCUT2D eigenvalue weighted by Crippen LogP contribution is 2.72. The van der Waals surface area contributed by atoms with Crippen molar-refractivity contribution in [2.24, 2.45) is 39.4 Å². The summed E-state index contributed by atoms with van der Waals surface area (Å²) in [6, 6.07) is 0. The van der Waals surface area contributed by atoms with Crippen molar-refractivity contribution in [3.8, 4) is 0 Å². The van der Waals surface area contributed by atoms with E-state index in [0.29, 0.717) is 22.7 Å². The Kier molecular flexibility index (Phi) is 8.26. The molecule has 4 aliphatic carbocycles. The molecule has 0 radical (unpaired) electrons. The summed E-state index contributed by atoms with van der Waals surface area (Å²) < 4.78 is 11.4. The summed E-state index contributed by atoms with van der Waals surface area (Å²) in [6.45, 7) is 20.2. The third kappa shape index (κ3) is 4.78. The summed E-state index contributed by atoms with van der Waals surface area (Å²) in [5.41, 5.74) is 4.51. The van der Waals surface area contributed by atoms with Crippen LogP contribution < -0.4 is 0 Å². The van der Waals surface area contributed by atoms with Gasteiger partial charge in [-0.2, -0.15) is 0 Å². The zero-order valence-corrected chi connectivity index (χ0v) is 26.0. The number of esters is 2. The summed E-state index contributed by atoms with van der Waals surface area (Å²) in [4.78, 5) is 23.3. The molecule has 0 aromatic carbocycles. The quantitative estimate of drug-likeness (QED) is 0.233. The van der Waals surface area contributed by atoms with Crippen LogP contribution in [-0.2, 0) is 19.1 Å². The van der Waals surface area contributed by atoms with Crippen LogP contribution in [-0.4, -0.2) is 24.1 Å². The molecule has 1 unspecified atom stereocenters. The SMILES string of the molecule is CCC(CCC[C@@H](C)[C@H]1CC[C@@]2(C)C3=C(CC[C@]12C)[C@@]1(C)CC[C@H](OC(C)=O)C(C)(C)[C@@H]1CC3)OC(C)=O. The number of rotatable bonds is 8. The van der Waals surface area contributed by atoms with Gasteiger partial charge in [0.1, 0.15) is 12.2 Å². The molecule has 4 aliphatic rings. The van der Waals surface area contributed by atoms with Gasteiger partial charge < -0.3 is 9.47 Å². The lowest BCUT2D eigenvalue weighted by atomic mass is 9.43. The second kappa shape index (κ2) is 10.6. The summed E-state index contributed by atoms with van der Waals surface area (Å²) in [7, 11) is 0. The molecule has 4 nitrogen and oxygen atoms in total. The highest BCUT2D eigenvalue weighted by molar-refractivity contribution is 5.66. The Labute approximate surface area is 233 Å². The summed E-state index contributed by atoms with van der Waals surface area (Å²) in [6.07, 6.45) is 14.2. The van der Waals surface area contributed by atoms with Crippen molar-refractivity contribution in [1.29, 1.82) is 0 Å². The van der Waals surface area contributed by atoms with Crippen LogP contribution in [0.15, 0.2) is 11.1 Å². The zero-order valence-electron chi connectivity index (χ0n) is 26.0. The Morgan fingerprint density at radius 1 is 0.895 bits per heavy atom. The van der Waals surface area contributed by atoms with Gasteiger partial charge in [0.05, 0.1) is 0 Å². The highest BCUT2D eigenvalue weighted by atomic mass is 16.5. The predicted molar refractivity (Wildman–Crippen MR) is 153 cm³/mol. The smallest absolute Gasteiger partial charge is 0.302 e. The maximum Gasteiger partial charge on any atom is 0.302 e. The number of ether oxygens (including phenoxy) is 2. The van der Waals surface area contributed by atoms with E-state index in [1.807, 2.05) is 5.57 Å². The Balaban J connectivity index is 1.52. The van der Waals surface area contributed by atoms with Crippen LogP contribution in [0.25, 0.3) is 0 Å². The molecule has 0 aliphatic heterocycles. The molecule has 2 saturated carbocycles. The molecule has 0 spiro atoms. The van der Waals surface area contributed by atoms with Gasteiger partial charge in [-0.3, -0.25) is 9.59 Å². The first-order valence-electron chi connectivity index (χ1n) is 15.8. The van der Waals surface area contributed by atoms with E-state index in [1.54, 1.807) is 12.5 Å². The first kappa shape index (κ1) is 29.7. The van der Waals surface area contributed by atoms with E-state index in [4.69, 9.17) is 9.47 Å². The van der Waals surface area contributed by atoms with Crippen molar-refractivity contribution < 1.29 is 19.1 Å². The second-order valence-electron chi connectivity index (χ2n) is 14.9. The molecule has 216 valence electrons. The molecule has 0 N–H and O–H groups in total. The zero-order chi connectivity index (χ0) is 28.1. The Hall–Kier alpha value is -1.32. The minimum atomic E-state index is -0.151. The molecule has 4 heteroatoms. The Morgan fingerprint density at radius 3 is 2.24 bits per heavy atom. The monoisotopic (exact) mass is 528 g/mol. The lowest BCUT2D eigenvalue weighted by Gasteiger charge is -2.62. The van der Waals surface area contributed by atoms with Gasteiger partial charge in [-0.25, -0.2) is 0 Å². The van der Waals surface area contributed by atoms with Gasteiger partial charge in [0.2, 0.25) is 0 Å². The number of hydrogen-bond acceptors (Lipinski definition) is 4. The van der Waals surface area contributed by atoms with Crippen molar-refractivity contribution in [1.82, 2.24) is 0 Å². The second-order valence-corrected chi connectivity index (χ2v) is 14.9. The molecule has 0 aromatic heterocycles. The first-order chi connectivity index (χ1) is 17.7. The van der Waals surface area contributed by atoms with E-state index in [0.717, 1.165) is 38.0 Å². The molecular weight excluding hydrogens is 472 g/mol. The fraction of sp³-hybridized carbons (Fsp3) is 0.882. The minimum absolute atomic E-state index is 0.00797. The van der Waals surface area contributed by atoms with Crippen LogP contribution in [0.2, 0.25) is 0 Å². The lowest BCUT2D eigenvalue weighted by molar-refractivity contribution is -0.167. The molecule has 0 amide bonds. The molecule has 0 saturated heterocycles. The van der Waals surface area contributed by atoms with E-state index < -0.39 is 0 Å². The van der Waals surface area contributed by atoms with Crippen LogP contribution >= 0.6 is 0 Å². The van der Waals surface area contributed by atoms with E-state index in [9.17, 15) is 9.59 Å². The average Bonchev–Trinajstić information content (AvgIpc) is 3.11. The Morgan fingerprint density at radius 2 is 1.61 bits per heavy atom. The number of carbonyl (C=O) groups is 2. The molecule has 38 heavy (non-hydrogen) atoms. The number of fused-ring (bicyclic) bond motifs is 4. The van der Waals surface area contributed by atoms with Crippen LogP contribution in [0.4, 0.5) is 0 Å². The van der Waals surface area contributed by atoms with Crippen LogP contribution in [0.1, 0.15) is 139 Å². The lowest BCUT2D eigenvalue weighted by Crippen LogP contribution is -2.55. The summed E-state index contributed by atoms with van der Waals surface area (Å²) in [5.74, 6) is 1.74. The van der Waals surface area contributed by atoms with E-state index in [2.05, 4.69) is 48.5 Å². The minimum Gasteiger partial charge on any atom is -0.463 e. The molecule has 0 bridgehead atoms. The molecule has 2 fully saturated rings. The Bertz CT molecular complexity index is 948. The third-order valence-corrected chi connectivity index (χ3v) is 12.7. The topological polar surface area (TPSA) is 52.6 Å². The van der Waals surface area contributed by atoms with E-state index in [1.165, 1.54) is 51.9 Å². The average molecular weight is 529 g/mol. The van der Waals surface area contributed by atoms with Gasteiger partial charge in [0.15, 0.2) is 0 Å². The number of carbonyl (C=O) groups excluding carboxylic acids is 2.